The molecular weight excluding hydrogens is 271 g/mol. The van der Waals surface area contributed by atoms with Gasteiger partial charge in [0.15, 0.2) is 0 Å². The van der Waals surface area contributed by atoms with E-state index < -0.39 is 11.9 Å². The molecule has 2 rings (SSSR count). The predicted octanol–water partition coefficient (Wildman–Crippen LogP) is 3.17. The van der Waals surface area contributed by atoms with E-state index in [1.807, 2.05) is 24.3 Å². The molecule has 0 aliphatic carbocycles. The van der Waals surface area contributed by atoms with Crippen LogP contribution in [0.2, 0.25) is 0 Å². The van der Waals surface area contributed by atoms with Gasteiger partial charge in [-0.1, -0.05) is 30.3 Å². The highest BCUT2D eigenvalue weighted by molar-refractivity contribution is 5.66. The molecule has 21 heavy (non-hydrogen) atoms. The van der Waals surface area contributed by atoms with E-state index in [0.29, 0.717) is 18.5 Å². The first kappa shape index (κ1) is 14.5. The van der Waals surface area contributed by atoms with Gasteiger partial charge in [-0.05, 0) is 35.2 Å². The molecule has 0 aliphatic rings. The summed E-state index contributed by atoms with van der Waals surface area (Å²) in [5.41, 5.74) is 2.47. The predicted molar refractivity (Wildman–Crippen MR) is 76.3 cm³/mol. The van der Waals surface area contributed by atoms with Gasteiger partial charge < -0.3 is 10.4 Å². The number of hydrogen-bond acceptors (Lipinski definition) is 2. The second-order valence-corrected chi connectivity index (χ2v) is 4.49. The van der Waals surface area contributed by atoms with Gasteiger partial charge in [0.2, 0.25) is 0 Å². The molecule has 0 aromatic heterocycles. The molecule has 0 unspecified atom stereocenters. The van der Waals surface area contributed by atoms with E-state index in [1.54, 1.807) is 12.1 Å². The van der Waals surface area contributed by atoms with Gasteiger partial charge in [0.25, 0.3) is 0 Å². The fraction of sp³-hybridized carbons (Fsp3) is 0.125. The minimum absolute atomic E-state index is 0.0144. The van der Waals surface area contributed by atoms with Crippen LogP contribution in [0.15, 0.2) is 42.5 Å². The van der Waals surface area contributed by atoms with Gasteiger partial charge in [0.1, 0.15) is 11.9 Å². The van der Waals surface area contributed by atoms with Crippen LogP contribution >= 0.6 is 0 Å². The zero-order valence-corrected chi connectivity index (χ0v) is 11.1. The number of nitriles is 1. The van der Waals surface area contributed by atoms with Crippen molar-refractivity contribution in [1.29, 1.82) is 5.26 Å². The second kappa shape index (κ2) is 6.53. The van der Waals surface area contributed by atoms with Gasteiger partial charge in [0.05, 0.1) is 5.56 Å². The SMILES string of the molecule is N#Cc1ccc(-c2cccc(CCNC(=O)O)c2)cc1F. The number of carboxylic acid groups (broad SMARTS) is 1. The Labute approximate surface area is 121 Å². The van der Waals surface area contributed by atoms with Gasteiger partial charge >= 0.3 is 6.09 Å². The number of amides is 1. The molecule has 2 aromatic carbocycles. The largest absolute Gasteiger partial charge is 0.465 e. The van der Waals surface area contributed by atoms with Crippen LogP contribution in [0.4, 0.5) is 9.18 Å². The molecule has 0 spiro atoms. The smallest absolute Gasteiger partial charge is 0.404 e. The van der Waals surface area contributed by atoms with Crippen molar-refractivity contribution in [2.75, 3.05) is 6.54 Å². The minimum Gasteiger partial charge on any atom is -0.465 e. The number of nitrogens with one attached hydrogen (secondary N) is 1. The Balaban J connectivity index is 2.19. The monoisotopic (exact) mass is 284 g/mol. The third-order valence-electron chi connectivity index (χ3n) is 3.04. The standard InChI is InChI=1S/C16H13FN2O2/c17-15-9-13(4-5-14(15)10-18)12-3-1-2-11(8-12)6-7-19-16(20)21/h1-5,8-9,19H,6-7H2,(H,20,21). The van der Waals surface area contributed by atoms with Crippen molar-refractivity contribution in [1.82, 2.24) is 5.32 Å². The summed E-state index contributed by atoms with van der Waals surface area (Å²) in [4.78, 5) is 10.4. The number of carbonyl (C=O) groups is 1. The Hall–Kier alpha value is -2.87. The van der Waals surface area contributed by atoms with Gasteiger partial charge in [-0.15, -0.1) is 0 Å². The fourth-order valence-electron chi connectivity index (χ4n) is 2.01. The molecule has 1 amide bonds. The molecule has 0 atom stereocenters. The van der Waals surface area contributed by atoms with Crippen molar-refractivity contribution in [3.8, 4) is 17.2 Å². The lowest BCUT2D eigenvalue weighted by atomic mass is 10.0. The van der Waals surface area contributed by atoms with Crippen molar-refractivity contribution in [3.05, 3.63) is 59.4 Å². The first-order valence-corrected chi connectivity index (χ1v) is 6.36. The van der Waals surface area contributed by atoms with Gasteiger partial charge in [-0.25, -0.2) is 9.18 Å². The van der Waals surface area contributed by atoms with Crippen LogP contribution in [-0.2, 0) is 6.42 Å². The normalized spacial score (nSPS) is 9.90. The summed E-state index contributed by atoms with van der Waals surface area (Å²) < 4.78 is 13.6. The molecule has 4 nitrogen and oxygen atoms in total. The lowest BCUT2D eigenvalue weighted by Crippen LogP contribution is -2.23. The first-order valence-electron chi connectivity index (χ1n) is 6.36. The average Bonchev–Trinajstić information content (AvgIpc) is 2.47. The molecule has 0 heterocycles. The van der Waals surface area contributed by atoms with Crippen LogP contribution in [0.5, 0.6) is 0 Å². The number of rotatable bonds is 4. The Kier molecular flexibility index (Phi) is 4.52. The van der Waals surface area contributed by atoms with Gasteiger partial charge in [0, 0.05) is 6.54 Å². The Morgan fingerprint density at radius 2 is 2.00 bits per heavy atom. The number of benzene rings is 2. The van der Waals surface area contributed by atoms with E-state index in [9.17, 15) is 9.18 Å². The van der Waals surface area contributed by atoms with Crippen LogP contribution in [0.3, 0.4) is 0 Å². The summed E-state index contributed by atoms with van der Waals surface area (Å²) in [6, 6.07) is 13.7. The molecule has 2 N–H and O–H groups in total. The third-order valence-corrected chi connectivity index (χ3v) is 3.04. The molecule has 0 radical (unpaired) electrons. The summed E-state index contributed by atoms with van der Waals surface area (Å²) in [7, 11) is 0. The summed E-state index contributed by atoms with van der Waals surface area (Å²) >= 11 is 0. The maximum Gasteiger partial charge on any atom is 0.404 e. The second-order valence-electron chi connectivity index (χ2n) is 4.49. The first-order chi connectivity index (χ1) is 10.1. The van der Waals surface area contributed by atoms with Crippen molar-refractivity contribution < 1.29 is 14.3 Å². The van der Waals surface area contributed by atoms with Crippen LogP contribution in [0.1, 0.15) is 11.1 Å². The van der Waals surface area contributed by atoms with Crippen molar-refractivity contribution >= 4 is 6.09 Å². The molecule has 0 saturated carbocycles. The molecule has 0 fully saturated rings. The zero-order chi connectivity index (χ0) is 15.2. The molecular formula is C16H13FN2O2. The van der Waals surface area contributed by atoms with Crippen LogP contribution in [-0.4, -0.2) is 17.7 Å². The Morgan fingerprint density at radius 1 is 1.24 bits per heavy atom. The zero-order valence-electron chi connectivity index (χ0n) is 11.1. The lowest BCUT2D eigenvalue weighted by Gasteiger charge is -2.06. The van der Waals surface area contributed by atoms with Gasteiger partial charge in [-0.2, -0.15) is 5.26 Å². The Morgan fingerprint density at radius 3 is 2.67 bits per heavy atom. The fourth-order valence-corrected chi connectivity index (χ4v) is 2.01. The average molecular weight is 284 g/mol. The van der Waals surface area contributed by atoms with Crippen molar-refractivity contribution in [2.45, 2.75) is 6.42 Å². The molecule has 106 valence electrons. The maximum absolute atomic E-state index is 13.6. The maximum atomic E-state index is 13.6. The van der Waals surface area contributed by atoms with E-state index in [4.69, 9.17) is 10.4 Å². The van der Waals surface area contributed by atoms with E-state index in [2.05, 4.69) is 5.32 Å². The lowest BCUT2D eigenvalue weighted by molar-refractivity contribution is 0.194. The molecule has 0 aliphatic heterocycles. The number of nitrogens with zero attached hydrogens (tertiary/aromatic N) is 1. The van der Waals surface area contributed by atoms with Gasteiger partial charge in [-0.3, -0.25) is 0 Å². The molecule has 0 saturated heterocycles. The summed E-state index contributed by atoms with van der Waals surface area (Å²) in [6.07, 6.45) is -0.501. The highest BCUT2D eigenvalue weighted by Crippen LogP contribution is 2.23. The highest BCUT2D eigenvalue weighted by Gasteiger charge is 2.05. The van der Waals surface area contributed by atoms with Crippen LogP contribution < -0.4 is 5.32 Å². The highest BCUT2D eigenvalue weighted by atomic mass is 19.1. The summed E-state index contributed by atoms with van der Waals surface area (Å²) in [5, 5.41) is 19.5. The quantitative estimate of drug-likeness (QED) is 0.905. The van der Waals surface area contributed by atoms with E-state index >= 15 is 0 Å². The van der Waals surface area contributed by atoms with Crippen LogP contribution in [0, 0.1) is 17.1 Å². The third kappa shape index (κ3) is 3.80. The van der Waals surface area contributed by atoms with Crippen molar-refractivity contribution in [3.63, 3.8) is 0 Å². The minimum atomic E-state index is -1.06. The Bertz CT molecular complexity index is 708. The van der Waals surface area contributed by atoms with E-state index in [1.165, 1.54) is 12.1 Å². The molecule has 0 bridgehead atoms. The number of halogens is 1. The number of hydrogen-bond donors (Lipinski definition) is 2. The van der Waals surface area contributed by atoms with E-state index in [-0.39, 0.29) is 5.56 Å². The molecule has 2 aromatic rings. The topological polar surface area (TPSA) is 73.1 Å². The van der Waals surface area contributed by atoms with Crippen LogP contribution in [0.25, 0.3) is 11.1 Å². The molecule has 5 heteroatoms. The van der Waals surface area contributed by atoms with Crippen molar-refractivity contribution in [2.24, 2.45) is 0 Å². The van der Waals surface area contributed by atoms with E-state index in [0.717, 1.165) is 11.1 Å². The summed E-state index contributed by atoms with van der Waals surface area (Å²) in [6.45, 7) is 0.320. The summed E-state index contributed by atoms with van der Waals surface area (Å²) in [5.74, 6) is -0.548.